The lowest BCUT2D eigenvalue weighted by atomic mass is 10.1. The fourth-order valence-electron chi connectivity index (χ4n) is 3.05. The highest BCUT2D eigenvalue weighted by atomic mass is 19.4. The number of fused-ring (bicyclic) bond motifs is 1. The van der Waals surface area contributed by atoms with Crippen LogP contribution in [0.15, 0.2) is 24.3 Å². The van der Waals surface area contributed by atoms with Crippen LogP contribution in [0.5, 0.6) is 5.75 Å². The molecule has 1 fully saturated rings. The Balaban J connectivity index is 1.94. The second-order valence-electron chi connectivity index (χ2n) is 6.01. The Labute approximate surface area is 142 Å². The number of alkyl halides is 3. The van der Waals surface area contributed by atoms with Crippen molar-refractivity contribution in [2.75, 3.05) is 20.2 Å². The van der Waals surface area contributed by atoms with Gasteiger partial charge in [-0.1, -0.05) is 0 Å². The van der Waals surface area contributed by atoms with Crippen LogP contribution in [0.1, 0.15) is 23.3 Å². The minimum atomic E-state index is -4.45. The van der Waals surface area contributed by atoms with E-state index in [1.807, 2.05) is 0 Å². The van der Waals surface area contributed by atoms with Gasteiger partial charge in [0.25, 0.3) is 0 Å². The second kappa shape index (κ2) is 6.95. The van der Waals surface area contributed by atoms with Gasteiger partial charge in [-0.05, 0) is 50.2 Å². The lowest BCUT2D eigenvalue weighted by Crippen LogP contribution is -2.34. The van der Waals surface area contributed by atoms with Crippen LogP contribution in [0.2, 0.25) is 0 Å². The summed E-state index contributed by atoms with van der Waals surface area (Å²) in [5, 5.41) is 3.75. The van der Waals surface area contributed by atoms with Gasteiger partial charge >= 0.3 is 12.1 Å². The number of esters is 1. The number of ether oxygens (including phenoxy) is 2. The number of methoxy groups -OCH3 is 1. The molecule has 0 atom stereocenters. The van der Waals surface area contributed by atoms with Crippen molar-refractivity contribution in [1.29, 1.82) is 0 Å². The Hall–Kier alpha value is -2.22. The monoisotopic (exact) mass is 356 g/mol. The third-order valence-electron chi connectivity index (χ3n) is 4.19. The van der Waals surface area contributed by atoms with Gasteiger partial charge in [0.05, 0.1) is 7.11 Å². The van der Waals surface area contributed by atoms with Crippen LogP contribution in [0, 0.1) is 0 Å². The van der Waals surface area contributed by atoms with E-state index < -0.39 is 18.7 Å². The molecule has 5 nitrogen and oxygen atoms in total. The van der Waals surface area contributed by atoms with E-state index in [2.05, 4.69) is 10.1 Å². The summed E-state index contributed by atoms with van der Waals surface area (Å²) in [6.45, 7) is 0.498. The van der Waals surface area contributed by atoms with Gasteiger partial charge in [0.2, 0.25) is 0 Å². The summed E-state index contributed by atoms with van der Waals surface area (Å²) >= 11 is 0. The van der Waals surface area contributed by atoms with Gasteiger partial charge in [0.15, 0.2) is 0 Å². The molecule has 0 bridgehead atoms. The Morgan fingerprint density at radius 2 is 2.00 bits per heavy atom. The molecule has 1 aliphatic rings. The molecule has 0 radical (unpaired) electrons. The molecule has 0 saturated carbocycles. The van der Waals surface area contributed by atoms with Gasteiger partial charge in [-0.2, -0.15) is 13.2 Å². The Morgan fingerprint density at radius 3 is 2.64 bits per heavy atom. The molecule has 1 aromatic heterocycles. The van der Waals surface area contributed by atoms with Gasteiger partial charge < -0.3 is 19.4 Å². The number of nitrogens with one attached hydrogen (secondary N) is 1. The van der Waals surface area contributed by atoms with Gasteiger partial charge in [0, 0.05) is 10.9 Å². The molecule has 1 aliphatic heterocycles. The lowest BCUT2D eigenvalue weighted by molar-refractivity contribution is -0.140. The third kappa shape index (κ3) is 4.07. The number of piperidine rings is 1. The van der Waals surface area contributed by atoms with Gasteiger partial charge in [-0.25, -0.2) is 4.79 Å². The zero-order valence-electron chi connectivity index (χ0n) is 13.7. The fourth-order valence-corrected chi connectivity index (χ4v) is 3.05. The average Bonchev–Trinajstić information content (AvgIpc) is 2.91. The highest BCUT2D eigenvalue weighted by Gasteiger charge is 2.31. The average molecular weight is 356 g/mol. The molecule has 0 unspecified atom stereocenters. The first-order valence-corrected chi connectivity index (χ1v) is 8.03. The molecule has 0 aliphatic carbocycles. The maximum absolute atomic E-state index is 12.9. The molecule has 25 heavy (non-hydrogen) atoms. The Kier molecular flexibility index (Phi) is 4.89. The number of rotatable bonds is 4. The number of carbonyl (C=O) groups excluding carboxylic acids is 1. The number of benzene rings is 1. The van der Waals surface area contributed by atoms with Gasteiger partial charge in [0.1, 0.15) is 24.1 Å². The van der Waals surface area contributed by atoms with Crippen LogP contribution in [0.4, 0.5) is 13.2 Å². The van der Waals surface area contributed by atoms with E-state index in [4.69, 9.17) is 4.74 Å². The molecule has 8 heteroatoms. The maximum atomic E-state index is 12.9. The number of hydrogen-bond acceptors (Lipinski definition) is 4. The topological polar surface area (TPSA) is 52.5 Å². The standard InChI is InChI=1S/C17H19F3N2O3/c1-24-16(23)15-9-11-8-13(25-12-4-6-21-7-5-12)2-3-14(11)22(15)10-17(18,19)20/h2-3,8-9,12,21H,4-7,10H2,1H3. The largest absolute Gasteiger partial charge is 0.490 e. The summed E-state index contributed by atoms with van der Waals surface area (Å²) < 4.78 is 50.1. The summed E-state index contributed by atoms with van der Waals surface area (Å²) in [4.78, 5) is 11.8. The SMILES string of the molecule is COC(=O)c1cc2cc(OC3CCNCC3)ccc2n1CC(F)(F)F. The molecule has 3 rings (SSSR count). The van der Waals surface area contributed by atoms with Crippen molar-refractivity contribution in [2.24, 2.45) is 0 Å². The zero-order valence-corrected chi connectivity index (χ0v) is 13.7. The first kappa shape index (κ1) is 17.6. The van der Waals surface area contributed by atoms with Crippen molar-refractivity contribution in [1.82, 2.24) is 9.88 Å². The van der Waals surface area contributed by atoms with Crippen molar-refractivity contribution < 1.29 is 27.4 Å². The van der Waals surface area contributed by atoms with E-state index in [1.165, 1.54) is 6.07 Å². The van der Waals surface area contributed by atoms with Crippen molar-refractivity contribution >= 4 is 16.9 Å². The summed E-state index contributed by atoms with van der Waals surface area (Å²) in [5.41, 5.74) is 0.184. The first-order chi connectivity index (χ1) is 11.9. The minimum absolute atomic E-state index is 0.0797. The Bertz CT molecular complexity index is 764. The molecule has 2 aromatic rings. The van der Waals surface area contributed by atoms with Gasteiger partial charge in [-0.3, -0.25) is 0 Å². The van der Waals surface area contributed by atoms with E-state index in [1.54, 1.807) is 18.2 Å². The van der Waals surface area contributed by atoms with Crippen LogP contribution in [0.3, 0.4) is 0 Å². The van der Waals surface area contributed by atoms with E-state index in [-0.39, 0.29) is 11.8 Å². The number of nitrogens with zero attached hydrogens (tertiary/aromatic N) is 1. The van der Waals surface area contributed by atoms with Crippen molar-refractivity contribution in [3.63, 3.8) is 0 Å². The highest BCUT2D eigenvalue weighted by molar-refractivity contribution is 5.96. The number of halogens is 3. The van der Waals surface area contributed by atoms with Crippen LogP contribution in [0.25, 0.3) is 10.9 Å². The van der Waals surface area contributed by atoms with E-state index in [0.717, 1.165) is 37.6 Å². The predicted molar refractivity (Wildman–Crippen MR) is 85.9 cm³/mol. The van der Waals surface area contributed by atoms with Crippen LogP contribution in [-0.2, 0) is 11.3 Å². The number of aromatic nitrogens is 1. The van der Waals surface area contributed by atoms with Crippen molar-refractivity contribution in [3.05, 3.63) is 30.0 Å². The Morgan fingerprint density at radius 1 is 1.28 bits per heavy atom. The lowest BCUT2D eigenvalue weighted by Gasteiger charge is -2.23. The fraction of sp³-hybridized carbons (Fsp3) is 0.471. The number of hydrogen-bond donors (Lipinski definition) is 1. The quantitative estimate of drug-likeness (QED) is 0.856. The van der Waals surface area contributed by atoms with Crippen LogP contribution >= 0.6 is 0 Å². The highest BCUT2D eigenvalue weighted by Crippen LogP contribution is 2.29. The molecule has 1 N–H and O–H groups in total. The van der Waals surface area contributed by atoms with Crippen molar-refractivity contribution in [3.8, 4) is 5.75 Å². The maximum Gasteiger partial charge on any atom is 0.406 e. The summed E-state index contributed by atoms with van der Waals surface area (Å²) in [7, 11) is 1.14. The molecule has 0 spiro atoms. The first-order valence-electron chi connectivity index (χ1n) is 8.03. The molecule has 0 amide bonds. The summed E-state index contributed by atoms with van der Waals surface area (Å²) in [5.74, 6) is -0.221. The zero-order chi connectivity index (χ0) is 18.0. The predicted octanol–water partition coefficient (Wildman–Crippen LogP) is 3.12. The van der Waals surface area contributed by atoms with E-state index >= 15 is 0 Å². The van der Waals surface area contributed by atoms with E-state index in [0.29, 0.717) is 16.7 Å². The molecule has 1 aromatic carbocycles. The van der Waals surface area contributed by atoms with Crippen LogP contribution in [-0.4, -0.2) is 43.0 Å². The molecular formula is C17H19F3N2O3. The second-order valence-corrected chi connectivity index (χ2v) is 6.01. The van der Waals surface area contributed by atoms with Crippen LogP contribution < -0.4 is 10.1 Å². The number of carbonyl (C=O) groups is 1. The van der Waals surface area contributed by atoms with Crippen molar-refractivity contribution in [2.45, 2.75) is 31.7 Å². The minimum Gasteiger partial charge on any atom is -0.490 e. The smallest absolute Gasteiger partial charge is 0.406 e. The normalized spacial score (nSPS) is 16.2. The molecular weight excluding hydrogens is 337 g/mol. The molecule has 136 valence electrons. The molecule has 2 heterocycles. The summed E-state index contributed by atoms with van der Waals surface area (Å²) in [6.07, 6.45) is -2.61. The van der Waals surface area contributed by atoms with Gasteiger partial charge in [-0.15, -0.1) is 0 Å². The third-order valence-corrected chi connectivity index (χ3v) is 4.19. The molecule has 1 saturated heterocycles. The van der Waals surface area contributed by atoms with E-state index in [9.17, 15) is 18.0 Å². The summed E-state index contributed by atoms with van der Waals surface area (Å²) in [6, 6.07) is 6.25.